The van der Waals surface area contributed by atoms with Gasteiger partial charge in [0.25, 0.3) is 0 Å². The lowest BCUT2D eigenvalue weighted by Crippen LogP contribution is -2.08. The standard InChI is InChI=1S/C10H13O/c1-9(11-2)8-10-6-4-3-5-7-10/h3-7,9H,1,8H2,2H3. The van der Waals surface area contributed by atoms with Crippen LogP contribution in [0.3, 0.4) is 0 Å². The van der Waals surface area contributed by atoms with Crippen LogP contribution >= 0.6 is 0 Å². The molecule has 0 fully saturated rings. The van der Waals surface area contributed by atoms with E-state index in [0.29, 0.717) is 0 Å². The Bertz CT molecular complexity index is 193. The van der Waals surface area contributed by atoms with Gasteiger partial charge >= 0.3 is 0 Å². The van der Waals surface area contributed by atoms with Gasteiger partial charge in [0.1, 0.15) is 0 Å². The lowest BCUT2D eigenvalue weighted by molar-refractivity contribution is 0.139. The highest BCUT2D eigenvalue weighted by Crippen LogP contribution is 2.03. The minimum atomic E-state index is 0.0670. The minimum Gasteiger partial charge on any atom is -0.381 e. The Morgan fingerprint density at radius 3 is 2.55 bits per heavy atom. The minimum absolute atomic E-state index is 0.0670. The van der Waals surface area contributed by atoms with Crippen LogP contribution in [0.25, 0.3) is 0 Å². The van der Waals surface area contributed by atoms with Crippen LogP contribution in [0.2, 0.25) is 0 Å². The second-order valence-electron chi connectivity index (χ2n) is 2.55. The van der Waals surface area contributed by atoms with Crippen molar-refractivity contribution >= 4 is 0 Å². The molecule has 1 unspecified atom stereocenters. The van der Waals surface area contributed by atoms with Gasteiger partial charge in [-0.15, -0.1) is 0 Å². The molecule has 1 aromatic carbocycles. The average Bonchev–Trinajstić information content (AvgIpc) is 2.06. The van der Waals surface area contributed by atoms with E-state index in [9.17, 15) is 0 Å². The molecular formula is C10H13O. The SMILES string of the molecule is [CH2]C(Cc1ccccc1)OC. The molecule has 11 heavy (non-hydrogen) atoms. The summed E-state index contributed by atoms with van der Waals surface area (Å²) in [5.74, 6) is 0. The van der Waals surface area contributed by atoms with Crippen molar-refractivity contribution in [3.8, 4) is 0 Å². The van der Waals surface area contributed by atoms with Gasteiger partial charge in [0, 0.05) is 7.11 Å². The fourth-order valence-corrected chi connectivity index (χ4v) is 0.960. The summed E-state index contributed by atoms with van der Waals surface area (Å²) in [4.78, 5) is 0. The first-order valence-electron chi connectivity index (χ1n) is 3.72. The van der Waals surface area contributed by atoms with Crippen LogP contribution in [0.15, 0.2) is 30.3 Å². The number of hydrogen-bond donors (Lipinski definition) is 0. The third-order valence-corrected chi connectivity index (χ3v) is 1.64. The van der Waals surface area contributed by atoms with E-state index >= 15 is 0 Å². The molecule has 1 nitrogen and oxygen atoms in total. The molecule has 0 saturated carbocycles. The van der Waals surface area contributed by atoms with Crippen molar-refractivity contribution in [2.75, 3.05) is 7.11 Å². The van der Waals surface area contributed by atoms with Crippen molar-refractivity contribution in [1.82, 2.24) is 0 Å². The lowest BCUT2D eigenvalue weighted by atomic mass is 10.1. The predicted molar refractivity (Wildman–Crippen MR) is 46.3 cm³/mol. The topological polar surface area (TPSA) is 9.23 Å². The maximum Gasteiger partial charge on any atom is 0.0612 e. The van der Waals surface area contributed by atoms with Crippen LogP contribution in [-0.2, 0) is 11.2 Å². The van der Waals surface area contributed by atoms with Crippen LogP contribution in [-0.4, -0.2) is 13.2 Å². The zero-order valence-corrected chi connectivity index (χ0v) is 6.79. The van der Waals surface area contributed by atoms with E-state index in [2.05, 4.69) is 19.1 Å². The van der Waals surface area contributed by atoms with Crippen molar-refractivity contribution in [1.29, 1.82) is 0 Å². The van der Waals surface area contributed by atoms with Crippen LogP contribution in [0.1, 0.15) is 5.56 Å². The first-order valence-corrected chi connectivity index (χ1v) is 3.72. The molecule has 1 aromatic rings. The highest BCUT2D eigenvalue weighted by molar-refractivity contribution is 5.15. The van der Waals surface area contributed by atoms with Crippen molar-refractivity contribution < 1.29 is 4.74 Å². The molecule has 0 amide bonds. The highest BCUT2D eigenvalue weighted by Gasteiger charge is 1.99. The highest BCUT2D eigenvalue weighted by atomic mass is 16.5. The molecule has 1 heteroatoms. The van der Waals surface area contributed by atoms with Crippen molar-refractivity contribution in [2.45, 2.75) is 12.5 Å². The maximum absolute atomic E-state index is 5.04. The number of methoxy groups -OCH3 is 1. The third kappa shape index (κ3) is 2.72. The Morgan fingerprint density at radius 2 is 2.00 bits per heavy atom. The van der Waals surface area contributed by atoms with Crippen molar-refractivity contribution in [2.24, 2.45) is 0 Å². The monoisotopic (exact) mass is 149 g/mol. The first-order chi connectivity index (χ1) is 5.33. The van der Waals surface area contributed by atoms with E-state index in [1.165, 1.54) is 5.56 Å². The van der Waals surface area contributed by atoms with E-state index < -0.39 is 0 Å². The van der Waals surface area contributed by atoms with Gasteiger partial charge in [-0.05, 0) is 18.9 Å². The largest absolute Gasteiger partial charge is 0.381 e. The molecule has 0 aliphatic carbocycles. The normalized spacial score (nSPS) is 12.9. The summed E-state index contributed by atoms with van der Waals surface area (Å²) >= 11 is 0. The number of rotatable bonds is 3. The molecule has 1 radical (unpaired) electrons. The van der Waals surface area contributed by atoms with E-state index in [0.717, 1.165) is 6.42 Å². The Morgan fingerprint density at radius 1 is 1.36 bits per heavy atom. The smallest absolute Gasteiger partial charge is 0.0612 e. The molecule has 0 spiro atoms. The van der Waals surface area contributed by atoms with E-state index in [1.807, 2.05) is 18.2 Å². The summed E-state index contributed by atoms with van der Waals surface area (Å²) in [5, 5.41) is 0. The van der Waals surface area contributed by atoms with Crippen molar-refractivity contribution in [3.05, 3.63) is 42.8 Å². The molecule has 0 N–H and O–H groups in total. The Labute approximate surface area is 68.0 Å². The predicted octanol–water partition coefficient (Wildman–Crippen LogP) is 2.08. The molecule has 0 aliphatic rings. The van der Waals surface area contributed by atoms with Crippen LogP contribution < -0.4 is 0 Å². The summed E-state index contributed by atoms with van der Waals surface area (Å²) in [5.41, 5.74) is 1.27. The Hall–Kier alpha value is -0.820. The van der Waals surface area contributed by atoms with E-state index in [1.54, 1.807) is 7.11 Å². The third-order valence-electron chi connectivity index (χ3n) is 1.64. The molecule has 0 saturated heterocycles. The van der Waals surface area contributed by atoms with Crippen LogP contribution in [0.4, 0.5) is 0 Å². The van der Waals surface area contributed by atoms with Gasteiger partial charge in [-0.2, -0.15) is 0 Å². The summed E-state index contributed by atoms with van der Waals surface area (Å²) in [6.45, 7) is 3.83. The average molecular weight is 149 g/mol. The van der Waals surface area contributed by atoms with Gasteiger partial charge < -0.3 is 4.74 Å². The second kappa shape index (κ2) is 4.14. The number of hydrogen-bond acceptors (Lipinski definition) is 1. The summed E-state index contributed by atoms with van der Waals surface area (Å²) in [6, 6.07) is 10.2. The molecule has 0 bridgehead atoms. The molecule has 1 atom stereocenters. The fourth-order valence-electron chi connectivity index (χ4n) is 0.960. The van der Waals surface area contributed by atoms with E-state index in [4.69, 9.17) is 4.74 Å². The Balaban J connectivity index is 2.51. The molecule has 1 rings (SSSR count). The quantitative estimate of drug-likeness (QED) is 0.639. The molecule has 59 valence electrons. The second-order valence-corrected chi connectivity index (χ2v) is 2.55. The molecule has 0 heterocycles. The summed E-state index contributed by atoms with van der Waals surface area (Å²) in [6.07, 6.45) is 0.953. The zero-order valence-electron chi connectivity index (χ0n) is 6.79. The van der Waals surface area contributed by atoms with Crippen molar-refractivity contribution in [3.63, 3.8) is 0 Å². The molecule has 0 aliphatic heterocycles. The van der Waals surface area contributed by atoms with Crippen LogP contribution in [0, 0.1) is 6.92 Å². The lowest BCUT2D eigenvalue weighted by Gasteiger charge is -2.07. The number of benzene rings is 1. The maximum atomic E-state index is 5.04. The van der Waals surface area contributed by atoms with Gasteiger partial charge in [0.15, 0.2) is 0 Å². The van der Waals surface area contributed by atoms with Gasteiger partial charge in [-0.3, -0.25) is 0 Å². The summed E-state index contributed by atoms with van der Waals surface area (Å²) < 4.78 is 5.04. The van der Waals surface area contributed by atoms with Gasteiger partial charge in [-0.25, -0.2) is 0 Å². The molecular weight excluding hydrogens is 136 g/mol. The first kappa shape index (κ1) is 8.28. The fraction of sp³-hybridized carbons (Fsp3) is 0.300. The van der Waals surface area contributed by atoms with Gasteiger partial charge in [0.2, 0.25) is 0 Å². The number of ether oxygens (including phenoxy) is 1. The van der Waals surface area contributed by atoms with Crippen LogP contribution in [0.5, 0.6) is 0 Å². The van der Waals surface area contributed by atoms with E-state index in [-0.39, 0.29) is 6.10 Å². The zero-order chi connectivity index (χ0) is 8.10. The van der Waals surface area contributed by atoms with Gasteiger partial charge in [0.05, 0.1) is 6.10 Å². The summed E-state index contributed by atoms with van der Waals surface area (Å²) in [7, 11) is 1.68. The van der Waals surface area contributed by atoms with Gasteiger partial charge in [-0.1, -0.05) is 30.3 Å². The molecule has 0 aromatic heterocycles. The Kier molecular flexibility index (Phi) is 3.12.